The van der Waals surface area contributed by atoms with Crippen LogP contribution in [-0.4, -0.2) is 39.0 Å². The molecule has 7 heteroatoms. The molecule has 0 N–H and O–H groups in total. The number of hydrogen-bond acceptors (Lipinski definition) is 6. The quantitative estimate of drug-likeness (QED) is 0.852. The third kappa shape index (κ3) is 2.83. The summed E-state index contributed by atoms with van der Waals surface area (Å²) in [6.45, 7) is 7.03. The summed E-state index contributed by atoms with van der Waals surface area (Å²) in [5.41, 5.74) is 0.818. The molecule has 0 bridgehead atoms. The van der Waals surface area contributed by atoms with Crippen LogP contribution < -0.4 is 0 Å². The van der Waals surface area contributed by atoms with E-state index in [1.54, 1.807) is 0 Å². The molecule has 1 atom stereocenters. The molecule has 6 nitrogen and oxygen atoms in total. The number of aromatic nitrogens is 3. The summed E-state index contributed by atoms with van der Waals surface area (Å²) in [4.78, 5) is 23.9. The fraction of sp³-hybridized carbons (Fsp3) is 0.571. The highest BCUT2D eigenvalue weighted by atomic mass is 32.1. The lowest BCUT2D eigenvalue weighted by Gasteiger charge is -2.30. The van der Waals surface area contributed by atoms with E-state index in [0.29, 0.717) is 18.3 Å². The first-order chi connectivity index (χ1) is 10.0. The first-order valence-electron chi connectivity index (χ1n) is 7.08. The monoisotopic (exact) mass is 306 g/mol. The molecule has 0 aromatic carbocycles. The molecule has 112 valence electrons. The molecule has 1 amide bonds. The molecule has 3 heterocycles. The highest BCUT2D eigenvalue weighted by Gasteiger charge is 2.30. The SMILES string of the molecule is Cc1noc([C@H]2CCCN(C(=O)c3sc(C)nc3C)C2)n1. The Kier molecular flexibility index (Phi) is 3.75. The molecule has 0 aliphatic carbocycles. The zero-order chi connectivity index (χ0) is 15.0. The van der Waals surface area contributed by atoms with E-state index < -0.39 is 0 Å². The predicted molar refractivity (Wildman–Crippen MR) is 78.5 cm³/mol. The molecular formula is C14H18N4O2S. The summed E-state index contributed by atoms with van der Waals surface area (Å²) in [6, 6.07) is 0. The summed E-state index contributed by atoms with van der Waals surface area (Å²) in [5.74, 6) is 1.49. The Balaban J connectivity index is 1.77. The Morgan fingerprint density at radius 1 is 1.33 bits per heavy atom. The van der Waals surface area contributed by atoms with E-state index >= 15 is 0 Å². The number of amides is 1. The van der Waals surface area contributed by atoms with Gasteiger partial charge in [0.15, 0.2) is 5.82 Å². The molecule has 1 aliphatic rings. The van der Waals surface area contributed by atoms with E-state index in [0.717, 1.165) is 35.0 Å². The van der Waals surface area contributed by atoms with Crippen LogP contribution in [0.5, 0.6) is 0 Å². The average molecular weight is 306 g/mol. The number of nitrogens with zero attached hydrogens (tertiary/aromatic N) is 4. The van der Waals surface area contributed by atoms with Crippen molar-refractivity contribution in [1.82, 2.24) is 20.0 Å². The van der Waals surface area contributed by atoms with E-state index in [-0.39, 0.29) is 11.8 Å². The van der Waals surface area contributed by atoms with Crippen molar-refractivity contribution in [1.29, 1.82) is 0 Å². The van der Waals surface area contributed by atoms with Gasteiger partial charge in [0.1, 0.15) is 4.88 Å². The summed E-state index contributed by atoms with van der Waals surface area (Å²) in [5, 5.41) is 4.77. The first kappa shape index (κ1) is 14.2. The molecule has 0 radical (unpaired) electrons. The lowest BCUT2D eigenvalue weighted by atomic mass is 9.98. The molecule has 3 rings (SSSR count). The van der Waals surface area contributed by atoms with Gasteiger partial charge in [-0.3, -0.25) is 4.79 Å². The Labute approximate surface area is 127 Å². The van der Waals surface area contributed by atoms with E-state index in [1.807, 2.05) is 25.7 Å². The molecule has 1 saturated heterocycles. The molecule has 1 fully saturated rings. The van der Waals surface area contributed by atoms with E-state index in [9.17, 15) is 4.79 Å². The Morgan fingerprint density at radius 2 is 2.14 bits per heavy atom. The minimum Gasteiger partial charge on any atom is -0.339 e. The number of rotatable bonds is 2. The lowest BCUT2D eigenvalue weighted by Crippen LogP contribution is -2.39. The van der Waals surface area contributed by atoms with E-state index in [4.69, 9.17) is 4.52 Å². The van der Waals surface area contributed by atoms with Crippen LogP contribution in [0, 0.1) is 20.8 Å². The third-order valence-corrected chi connectivity index (χ3v) is 4.76. The molecular weight excluding hydrogens is 288 g/mol. The maximum Gasteiger partial charge on any atom is 0.265 e. The third-order valence-electron chi connectivity index (χ3n) is 3.70. The predicted octanol–water partition coefficient (Wildman–Crippen LogP) is 2.47. The highest BCUT2D eigenvalue weighted by molar-refractivity contribution is 7.13. The zero-order valence-electron chi connectivity index (χ0n) is 12.4. The molecule has 1 aliphatic heterocycles. The van der Waals surface area contributed by atoms with Crippen molar-refractivity contribution in [3.63, 3.8) is 0 Å². The summed E-state index contributed by atoms with van der Waals surface area (Å²) in [6.07, 6.45) is 1.93. The van der Waals surface area contributed by atoms with Gasteiger partial charge in [0.2, 0.25) is 5.89 Å². The van der Waals surface area contributed by atoms with Gasteiger partial charge < -0.3 is 9.42 Å². The molecule has 2 aromatic rings. The van der Waals surface area contributed by atoms with Gasteiger partial charge in [0.05, 0.1) is 16.6 Å². The van der Waals surface area contributed by atoms with Crippen molar-refractivity contribution in [3.05, 3.63) is 27.3 Å². The van der Waals surface area contributed by atoms with Crippen molar-refractivity contribution in [2.45, 2.75) is 39.5 Å². The molecule has 2 aromatic heterocycles. The van der Waals surface area contributed by atoms with Crippen LogP contribution in [0.3, 0.4) is 0 Å². The summed E-state index contributed by atoms with van der Waals surface area (Å²) >= 11 is 1.46. The van der Waals surface area contributed by atoms with Crippen LogP contribution >= 0.6 is 11.3 Å². The highest BCUT2D eigenvalue weighted by Crippen LogP contribution is 2.28. The van der Waals surface area contributed by atoms with E-state index in [1.165, 1.54) is 11.3 Å². The number of aryl methyl sites for hydroxylation is 3. The van der Waals surface area contributed by atoms with Gasteiger partial charge in [0, 0.05) is 13.1 Å². The second kappa shape index (κ2) is 5.55. The van der Waals surface area contributed by atoms with Crippen LogP contribution in [-0.2, 0) is 0 Å². The van der Waals surface area contributed by atoms with Crippen LogP contribution in [0.4, 0.5) is 0 Å². The van der Waals surface area contributed by atoms with Gasteiger partial charge in [-0.25, -0.2) is 4.98 Å². The minimum absolute atomic E-state index is 0.0686. The molecule has 0 spiro atoms. The molecule has 0 saturated carbocycles. The van der Waals surface area contributed by atoms with Gasteiger partial charge in [-0.15, -0.1) is 11.3 Å². The Bertz CT molecular complexity index is 664. The number of thiazole rings is 1. The van der Waals surface area contributed by atoms with Crippen molar-refractivity contribution < 1.29 is 9.32 Å². The zero-order valence-corrected chi connectivity index (χ0v) is 13.2. The Hall–Kier alpha value is -1.76. The maximum absolute atomic E-state index is 12.6. The smallest absolute Gasteiger partial charge is 0.265 e. The van der Waals surface area contributed by atoms with Crippen LogP contribution in [0.1, 0.15) is 50.8 Å². The van der Waals surface area contributed by atoms with Crippen molar-refractivity contribution >= 4 is 17.2 Å². The minimum atomic E-state index is 0.0686. The number of carbonyl (C=O) groups is 1. The largest absolute Gasteiger partial charge is 0.339 e. The van der Waals surface area contributed by atoms with Crippen molar-refractivity contribution in [3.8, 4) is 0 Å². The second-order valence-electron chi connectivity index (χ2n) is 5.42. The number of hydrogen-bond donors (Lipinski definition) is 0. The summed E-state index contributed by atoms with van der Waals surface area (Å²) in [7, 11) is 0. The molecule has 0 unspecified atom stereocenters. The number of carbonyl (C=O) groups excluding carboxylic acids is 1. The fourth-order valence-electron chi connectivity index (χ4n) is 2.72. The topological polar surface area (TPSA) is 72.1 Å². The van der Waals surface area contributed by atoms with Crippen molar-refractivity contribution in [2.24, 2.45) is 0 Å². The Morgan fingerprint density at radius 3 is 2.76 bits per heavy atom. The maximum atomic E-state index is 12.6. The normalized spacial score (nSPS) is 19.0. The van der Waals surface area contributed by atoms with Crippen molar-refractivity contribution in [2.75, 3.05) is 13.1 Å². The van der Waals surface area contributed by atoms with Gasteiger partial charge in [-0.05, 0) is 33.6 Å². The van der Waals surface area contributed by atoms with E-state index in [2.05, 4.69) is 15.1 Å². The molecule has 21 heavy (non-hydrogen) atoms. The number of likely N-dealkylation sites (tertiary alicyclic amines) is 1. The standard InChI is InChI=1S/C14H18N4O2S/c1-8-12(21-10(3)15-8)14(19)18-6-4-5-11(7-18)13-16-9(2)17-20-13/h11H,4-7H2,1-3H3/t11-/m0/s1. The van der Waals surface area contributed by atoms with Crippen LogP contribution in [0.15, 0.2) is 4.52 Å². The number of piperidine rings is 1. The van der Waals surface area contributed by atoms with Crippen LogP contribution in [0.2, 0.25) is 0 Å². The second-order valence-corrected chi connectivity index (χ2v) is 6.62. The van der Waals surface area contributed by atoms with Gasteiger partial charge in [0.25, 0.3) is 5.91 Å². The lowest BCUT2D eigenvalue weighted by molar-refractivity contribution is 0.0699. The first-order valence-corrected chi connectivity index (χ1v) is 7.89. The summed E-state index contributed by atoms with van der Waals surface area (Å²) < 4.78 is 5.26. The van der Waals surface area contributed by atoms with Crippen LogP contribution in [0.25, 0.3) is 0 Å². The average Bonchev–Trinajstić information content (AvgIpc) is 3.04. The van der Waals surface area contributed by atoms with Gasteiger partial charge in [-0.2, -0.15) is 4.98 Å². The fourth-order valence-corrected chi connectivity index (χ4v) is 3.60. The van der Waals surface area contributed by atoms with Gasteiger partial charge in [-0.1, -0.05) is 5.16 Å². The van der Waals surface area contributed by atoms with Gasteiger partial charge >= 0.3 is 0 Å².